The molecule has 3 heteroatoms. The van der Waals surface area contributed by atoms with Gasteiger partial charge in [0.05, 0.1) is 7.11 Å². The summed E-state index contributed by atoms with van der Waals surface area (Å²) in [5, 5.41) is 3.38. The number of methoxy groups -OCH3 is 1. The van der Waals surface area contributed by atoms with E-state index in [1.165, 1.54) is 20.0 Å². The molecule has 0 aromatic heterocycles. The number of hydrogen-bond acceptors (Lipinski definition) is 3. The molecule has 0 aromatic carbocycles. The van der Waals surface area contributed by atoms with Gasteiger partial charge >= 0.3 is 5.97 Å². The summed E-state index contributed by atoms with van der Waals surface area (Å²) < 4.78 is 4.82. The first-order valence-corrected chi connectivity index (χ1v) is 5.04. The summed E-state index contributed by atoms with van der Waals surface area (Å²) in [6.45, 7) is 4.05. The standard InChI is InChI=1S/C10H19NO2/c1-4-10(5-2,9(12)13-3)11-8-6-7-8/h8,11H,4-7H2,1-3H3. The van der Waals surface area contributed by atoms with Gasteiger partial charge in [0.25, 0.3) is 0 Å². The molecule has 76 valence electrons. The number of carbonyl (C=O) groups is 1. The highest BCUT2D eigenvalue weighted by Crippen LogP contribution is 2.26. The van der Waals surface area contributed by atoms with E-state index in [4.69, 9.17) is 4.74 Å². The lowest BCUT2D eigenvalue weighted by atomic mass is 9.93. The minimum atomic E-state index is -0.435. The smallest absolute Gasteiger partial charge is 0.326 e. The van der Waals surface area contributed by atoms with E-state index in [0.717, 1.165) is 12.8 Å². The van der Waals surface area contributed by atoms with E-state index in [2.05, 4.69) is 5.32 Å². The number of rotatable bonds is 5. The van der Waals surface area contributed by atoms with Crippen molar-refractivity contribution in [1.29, 1.82) is 0 Å². The van der Waals surface area contributed by atoms with Crippen LogP contribution < -0.4 is 5.32 Å². The largest absolute Gasteiger partial charge is 0.468 e. The SMILES string of the molecule is CCC(CC)(NC1CC1)C(=O)OC. The summed E-state index contributed by atoms with van der Waals surface area (Å²) in [7, 11) is 1.46. The molecule has 1 rings (SSSR count). The van der Waals surface area contributed by atoms with E-state index in [-0.39, 0.29) is 5.97 Å². The van der Waals surface area contributed by atoms with Gasteiger partial charge in [-0.15, -0.1) is 0 Å². The van der Waals surface area contributed by atoms with Gasteiger partial charge in [-0.1, -0.05) is 13.8 Å². The van der Waals surface area contributed by atoms with Crippen LogP contribution in [0.3, 0.4) is 0 Å². The number of carbonyl (C=O) groups excluding carboxylic acids is 1. The Labute approximate surface area is 79.8 Å². The normalized spacial score (nSPS) is 17.2. The lowest BCUT2D eigenvalue weighted by Gasteiger charge is -2.29. The predicted molar refractivity (Wildman–Crippen MR) is 51.5 cm³/mol. The highest BCUT2D eigenvalue weighted by molar-refractivity contribution is 5.80. The molecule has 3 nitrogen and oxygen atoms in total. The molecule has 1 aliphatic rings. The Bertz CT molecular complexity index is 183. The second kappa shape index (κ2) is 4.09. The average Bonchev–Trinajstić information content (AvgIpc) is 2.97. The summed E-state index contributed by atoms with van der Waals surface area (Å²) >= 11 is 0. The van der Waals surface area contributed by atoms with E-state index in [9.17, 15) is 4.79 Å². The van der Waals surface area contributed by atoms with Crippen LogP contribution in [0.15, 0.2) is 0 Å². The zero-order valence-corrected chi connectivity index (χ0v) is 8.72. The number of esters is 1. The summed E-state index contributed by atoms with van der Waals surface area (Å²) in [5.41, 5.74) is -0.435. The Morgan fingerprint density at radius 2 is 2.00 bits per heavy atom. The molecule has 0 atom stereocenters. The maximum absolute atomic E-state index is 11.6. The van der Waals surface area contributed by atoms with Crippen LogP contribution in [0.2, 0.25) is 0 Å². The highest BCUT2D eigenvalue weighted by atomic mass is 16.5. The molecular formula is C10H19NO2. The van der Waals surface area contributed by atoms with Crippen LogP contribution >= 0.6 is 0 Å². The third kappa shape index (κ3) is 2.21. The molecule has 0 radical (unpaired) electrons. The molecule has 13 heavy (non-hydrogen) atoms. The van der Waals surface area contributed by atoms with Gasteiger partial charge in [-0.25, -0.2) is 0 Å². The predicted octanol–water partition coefficient (Wildman–Crippen LogP) is 1.47. The van der Waals surface area contributed by atoms with Gasteiger partial charge in [-0.2, -0.15) is 0 Å². The first-order valence-electron chi connectivity index (χ1n) is 5.04. The Morgan fingerprint density at radius 1 is 1.46 bits per heavy atom. The summed E-state index contributed by atoms with van der Waals surface area (Å²) in [4.78, 5) is 11.6. The Hall–Kier alpha value is -0.570. The molecular weight excluding hydrogens is 166 g/mol. The van der Waals surface area contributed by atoms with E-state index in [0.29, 0.717) is 6.04 Å². The number of ether oxygens (including phenoxy) is 1. The maximum atomic E-state index is 11.6. The van der Waals surface area contributed by atoms with Crippen molar-refractivity contribution in [3.05, 3.63) is 0 Å². The first-order chi connectivity index (χ1) is 6.18. The van der Waals surface area contributed by atoms with Crippen LogP contribution in [0.25, 0.3) is 0 Å². The minimum absolute atomic E-state index is 0.121. The summed E-state index contributed by atoms with van der Waals surface area (Å²) in [5.74, 6) is -0.121. The molecule has 0 amide bonds. The fraction of sp³-hybridized carbons (Fsp3) is 0.900. The second-order valence-corrected chi connectivity index (χ2v) is 3.70. The van der Waals surface area contributed by atoms with E-state index < -0.39 is 5.54 Å². The maximum Gasteiger partial charge on any atom is 0.326 e. The molecule has 1 N–H and O–H groups in total. The van der Waals surface area contributed by atoms with Gasteiger partial charge in [-0.05, 0) is 25.7 Å². The van der Waals surface area contributed by atoms with Crippen LogP contribution in [0.5, 0.6) is 0 Å². The Balaban J connectivity index is 2.63. The molecule has 0 unspecified atom stereocenters. The molecule has 0 aliphatic heterocycles. The monoisotopic (exact) mass is 185 g/mol. The van der Waals surface area contributed by atoms with Gasteiger partial charge in [0.15, 0.2) is 0 Å². The molecule has 1 fully saturated rings. The summed E-state index contributed by atoms with van der Waals surface area (Å²) in [6.07, 6.45) is 3.98. The molecule has 0 aromatic rings. The quantitative estimate of drug-likeness (QED) is 0.659. The van der Waals surface area contributed by atoms with Gasteiger partial charge in [-0.3, -0.25) is 10.1 Å². The zero-order chi connectivity index (χ0) is 9.90. The molecule has 1 saturated carbocycles. The van der Waals surface area contributed by atoms with E-state index in [1.807, 2.05) is 13.8 Å². The van der Waals surface area contributed by atoms with E-state index >= 15 is 0 Å². The van der Waals surface area contributed by atoms with Crippen molar-refractivity contribution in [2.75, 3.05) is 7.11 Å². The lowest BCUT2D eigenvalue weighted by Crippen LogP contribution is -2.52. The van der Waals surface area contributed by atoms with Gasteiger partial charge in [0.2, 0.25) is 0 Å². The Kier molecular flexibility index (Phi) is 3.31. The summed E-state index contributed by atoms with van der Waals surface area (Å²) in [6, 6.07) is 0.541. The van der Waals surface area contributed by atoms with Crippen LogP contribution in [-0.4, -0.2) is 24.7 Å². The lowest BCUT2D eigenvalue weighted by molar-refractivity contribution is -0.149. The van der Waals surface area contributed by atoms with Gasteiger partial charge in [0, 0.05) is 6.04 Å². The highest BCUT2D eigenvalue weighted by Gasteiger charge is 2.40. The van der Waals surface area contributed by atoms with Gasteiger partial charge < -0.3 is 4.74 Å². The molecule has 1 aliphatic carbocycles. The average molecular weight is 185 g/mol. The molecule has 0 heterocycles. The minimum Gasteiger partial charge on any atom is -0.468 e. The van der Waals surface area contributed by atoms with Crippen LogP contribution in [-0.2, 0) is 9.53 Å². The number of nitrogens with one attached hydrogen (secondary N) is 1. The number of hydrogen-bond donors (Lipinski definition) is 1. The molecule has 0 spiro atoms. The van der Waals surface area contributed by atoms with Crippen LogP contribution in [0, 0.1) is 0 Å². The first kappa shape index (κ1) is 10.5. The van der Waals surface area contributed by atoms with Crippen molar-refractivity contribution in [3.8, 4) is 0 Å². The van der Waals surface area contributed by atoms with Crippen molar-refractivity contribution in [2.45, 2.75) is 51.1 Å². The van der Waals surface area contributed by atoms with Crippen molar-refractivity contribution >= 4 is 5.97 Å². The fourth-order valence-corrected chi connectivity index (χ4v) is 1.62. The molecule has 0 bridgehead atoms. The topological polar surface area (TPSA) is 38.3 Å². The third-order valence-corrected chi connectivity index (χ3v) is 2.84. The third-order valence-electron chi connectivity index (χ3n) is 2.84. The van der Waals surface area contributed by atoms with Crippen molar-refractivity contribution < 1.29 is 9.53 Å². The van der Waals surface area contributed by atoms with Crippen molar-refractivity contribution in [2.24, 2.45) is 0 Å². The van der Waals surface area contributed by atoms with Crippen molar-refractivity contribution in [1.82, 2.24) is 5.32 Å². The fourth-order valence-electron chi connectivity index (χ4n) is 1.62. The van der Waals surface area contributed by atoms with Crippen LogP contribution in [0.1, 0.15) is 39.5 Å². The zero-order valence-electron chi connectivity index (χ0n) is 8.72. The second-order valence-electron chi connectivity index (χ2n) is 3.70. The van der Waals surface area contributed by atoms with Gasteiger partial charge in [0.1, 0.15) is 5.54 Å². The van der Waals surface area contributed by atoms with Crippen LogP contribution in [0.4, 0.5) is 0 Å². The van der Waals surface area contributed by atoms with E-state index in [1.54, 1.807) is 0 Å². The Morgan fingerprint density at radius 3 is 2.31 bits per heavy atom. The molecule has 0 saturated heterocycles. The van der Waals surface area contributed by atoms with Crippen molar-refractivity contribution in [3.63, 3.8) is 0 Å².